The van der Waals surface area contributed by atoms with Gasteiger partial charge in [-0.1, -0.05) is 32.4 Å². The Labute approximate surface area is 132 Å². The van der Waals surface area contributed by atoms with Crippen molar-refractivity contribution < 1.29 is 4.79 Å². The number of anilines is 2. The zero-order chi connectivity index (χ0) is 15.6. The van der Waals surface area contributed by atoms with E-state index in [1.165, 1.54) is 0 Å². The number of hydrogen-bond acceptors (Lipinski definition) is 2. The van der Waals surface area contributed by atoms with Crippen LogP contribution in [0.1, 0.15) is 46.5 Å². The van der Waals surface area contributed by atoms with E-state index < -0.39 is 0 Å². The molecule has 1 fully saturated rings. The Bertz CT molecular complexity index is 514. The quantitative estimate of drug-likeness (QED) is 0.777. The van der Waals surface area contributed by atoms with Crippen LogP contribution in [-0.4, -0.2) is 5.91 Å². The van der Waals surface area contributed by atoms with Gasteiger partial charge in [0.2, 0.25) is 5.91 Å². The minimum atomic E-state index is 0.100. The van der Waals surface area contributed by atoms with Crippen molar-refractivity contribution in [2.24, 2.45) is 17.3 Å². The molecule has 4 heteroatoms. The molecule has 0 aliphatic heterocycles. The first-order valence-corrected chi connectivity index (χ1v) is 8.01. The van der Waals surface area contributed by atoms with E-state index in [-0.39, 0.29) is 11.8 Å². The maximum absolute atomic E-state index is 12.3. The van der Waals surface area contributed by atoms with Gasteiger partial charge in [-0.3, -0.25) is 4.79 Å². The Kier molecular flexibility index (Phi) is 4.82. The molecule has 1 aliphatic carbocycles. The number of nitrogens with one attached hydrogen (secondary N) is 1. The van der Waals surface area contributed by atoms with Gasteiger partial charge in [-0.05, 0) is 55.2 Å². The van der Waals surface area contributed by atoms with Crippen LogP contribution in [0.3, 0.4) is 0 Å². The number of benzene rings is 1. The molecule has 1 aromatic rings. The van der Waals surface area contributed by atoms with E-state index in [9.17, 15) is 4.79 Å². The van der Waals surface area contributed by atoms with Crippen LogP contribution in [0.4, 0.5) is 11.4 Å². The molecule has 0 radical (unpaired) electrons. The van der Waals surface area contributed by atoms with Crippen LogP contribution in [0.5, 0.6) is 0 Å². The number of amides is 1. The second kappa shape index (κ2) is 6.27. The van der Waals surface area contributed by atoms with E-state index in [4.69, 9.17) is 17.3 Å². The summed E-state index contributed by atoms with van der Waals surface area (Å²) in [5.74, 6) is 0.927. The summed E-state index contributed by atoms with van der Waals surface area (Å²) in [6, 6.07) is 5.21. The molecule has 3 N–H and O–H groups in total. The molecule has 0 heterocycles. The van der Waals surface area contributed by atoms with Crippen LogP contribution in [-0.2, 0) is 4.79 Å². The van der Waals surface area contributed by atoms with E-state index in [0.29, 0.717) is 22.0 Å². The molecule has 1 aromatic carbocycles. The molecule has 3 nitrogen and oxygen atoms in total. The van der Waals surface area contributed by atoms with Crippen LogP contribution in [0, 0.1) is 17.3 Å². The first-order chi connectivity index (χ1) is 9.77. The smallest absolute Gasteiger partial charge is 0.227 e. The first kappa shape index (κ1) is 16.2. The van der Waals surface area contributed by atoms with Crippen LogP contribution in [0.15, 0.2) is 18.2 Å². The van der Waals surface area contributed by atoms with Crippen molar-refractivity contribution in [3.05, 3.63) is 23.2 Å². The van der Waals surface area contributed by atoms with E-state index in [2.05, 4.69) is 26.1 Å². The minimum absolute atomic E-state index is 0.100. The van der Waals surface area contributed by atoms with Gasteiger partial charge in [0, 0.05) is 11.6 Å². The van der Waals surface area contributed by atoms with Gasteiger partial charge in [0.25, 0.3) is 0 Å². The third-order valence-electron chi connectivity index (χ3n) is 4.59. The van der Waals surface area contributed by atoms with Gasteiger partial charge >= 0.3 is 0 Å². The monoisotopic (exact) mass is 308 g/mol. The Balaban J connectivity index is 1.92. The standard InChI is InChI=1S/C17H25ClN2O/c1-17(2,3)12-6-4-11(5-7-12)16(21)20-13-8-9-15(19)14(18)10-13/h8-12H,4-7,19H2,1-3H3,(H,20,21). The van der Waals surface area contributed by atoms with Crippen molar-refractivity contribution in [2.75, 3.05) is 11.1 Å². The predicted octanol–water partition coefficient (Wildman–Crippen LogP) is 4.71. The Morgan fingerprint density at radius 1 is 1.24 bits per heavy atom. The highest BCUT2D eigenvalue weighted by molar-refractivity contribution is 6.33. The second-order valence-electron chi connectivity index (χ2n) is 7.14. The number of carbonyl (C=O) groups is 1. The van der Waals surface area contributed by atoms with Gasteiger partial charge in [0.1, 0.15) is 0 Å². The third-order valence-corrected chi connectivity index (χ3v) is 4.92. The Morgan fingerprint density at radius 2 is 1.86 bits per heavy atom. The van der Waals surface area contributed by atoms with Gasteiger partial charge in [0.05, 0.1) is 10.7 Å². The number of nitrogens with two attached hydrogens (primary N) is 1. The van der Waals surface area contributed by atoms with E-state index in [1.807, 2.05) is 0 Å². The largest absolute Gasteiger partial charge is 0.398 e. The van der Waals surface area contributed by atoms with E-state index in [1.54, 1.807) is 18.2 Å². The number of nitrogen functional groups attached to an aromatic ring is 1. The molecule has 0 unspecified atom stereocenters. The number of hydrogen-bond donors (Lipinski definition) is 2. The minimum Gasteiger partial charge on any atom is -0.398 e. The Morgan fingerprint density at radius 3 is 2.38 bits per heavy atom. The Hall–Kier alpha value is -1.22. The SMILES string of the molecule is CC(C)(C)C1CCC(C(=O)Nc2ccc(N)c(Cl)c2)CC1. The van der Waals surface area contributed by atoms with Crippen LogP contribution >= 0.6 is 11.6 Å². The second-order valence-corrected chi connectivity index (χ2v) is 7.55. The molecule has 1 amide bonds. The van der Waals surface area contributed by atoms with Gasteiger partial charge in [-0.25, -0.2) is 0 Å². The fourth-order valence-corrected chi connectivity index (χ4v) is 3.25. The summed E-state index contributed by atoms with van der Waals surface area (Å²) in [6.07, 6.45) is 4.20. The van der Waals surface area contributed by atoms with E-state index in [0.717, 1.165) is 31.4 Å². The maximum atomic E-state index is 12.3. The summed E-state index contributed by atoms with van der Waals surface area (Å²) in [6.45, 7) is 6.86. The molecule has 0 bridgehead atoms. The lowest BCUT2D eigenvalue weighted by Crippen LogP contribution is -2.31. The lowest BCUT2D eigenvalue weighted by atomic mass is 9.69. The molecule has 0 spiro atoms. The normalized spacial score (nSPS) is 22.9. The molecule has 0 aromatic heterocycles. The highest BCUT2D eigenvalue weighted by Gasteiger charge is 2.32. The summed E-state index contributed by atoms with van der Waals surface area (Å²) in [4.78, 5) is 12.3. The van der Waals surface area contributed by atoms with Crippen molar-refractivity contribution in [3.8, 4) is 0 Å². The van der Waals surface area contributed by atoms with Crippen molar-refractivity contribution in [1.29, 1.82) is 0 Å². The summed E-state index contributed by atoms with van der Waals surface area (Å²) in [5, 5.41) is 3.43. The van der Waals surface area contributed by atoms with Gasteiger partial charge < -0.3 is 11.1 Å². The lowest BCUT2D eigenvalue weighted by molar-refractivity contribution is -0.121. The first-order valence-electron chi connectivity index (χ1n) is 7.63. The summed E-state index contributed by atoms with van der Waals surface area (Å²) in [7, 11) is 0. The highest BCUT2D eigenvalue weighted by atomic mass is 35.5. The van der Waals surface area contributed by atoms with Crippen molar-refractivity contribution in [1.82, 2.24) is 0 Å². The molecule has 0 saturated heterocycles. The average molecular weight is 309 g/mol. The summed E-state index contributed by atoms with van der Waals surface area (Å²) >= 11 is 5.98. The van der Waals surface area contributed by atoms with Crippen LogP contribution in [0.2, 0.25) is 5.02 Å². The average Bonchev–Trinajstić information content (AvgIpc) is 2.42. The van der Waals surface area contributed by atoms with Crippen LogP contribution < -0.4 is 11.1 Å². The molecular formula is C17H25ClN2O. The number of halogens is 1. The van der Waals surface area contributed by atoms with Gasteiger partial charge in [0.15, 0.2) is 0 Å². The molecule has 116 valence electrons. The highest BCUT2D eigenvalue weighted by Crippen LogP contribution is 2.40. The maximum Gasteiger partial charge on any atom is 0.227 e. The molecule has 1 aliphatic rings. The fraction of sp³-hybridized carbons (Fsp3) is 0.588. The molecule has 21 heavy (non-hydrogen) atoms. The topological polar surface area (TPSA) is 55.1 Å². The zero-order valence-electron chi connectivity index (χ0n) is 13.1. The summed E-state index contributed by atoms with van der Waals surface area (Å²) in [5.41, 5.74) is 7.26. The van der Waals surface area contributed by atoms with Crippen molar-refractivity contribution >= 4 is 28.9 Å². The van der Waals surface area contributed by atoms with Gasteiger partial charge in [-0.2, -0.15) is 0 Å². The van der Waals surface area contributed by atoms with Crippen LogP contribution in [0.25, 0.3) is 0 Å². The molecule has 0 atom stereocenters. The number of rotatable bonds is 2. The lowest BCUT2D eigenvalue weighted by Gasteiger charge is -2.36. The predicted molar refractivity (Wildman–Crippen MR) is 89.4 cm³/mol. The number of carbonyl (C=O) groups excluding carboxylic acids is 1. The fourth-order valence-electron chi connectivity index (χ4n) is 3.07. The van der Waals surface area contributed by atoms with Crippen molar-refractivity contribution in [3.63, 3.8) is 0 Å². The third kappa shape index (κ3) is 4.13. The molecule has 1 saturated carbocycles. The molecular weight excluding hydrogens is 284 g/mol. The van der Waals surface area contributed by atoms with Gasteiger partial charge in [-0.15, -0.1) is 0 Å². The molecule has 2 rings (SSSR count). The summed E-state index contributed by atoms with van der Waals surface area (Å²) < 4.78 is 0. The van der Waals surface area contributed by atoms with Crippen molar-refractivity contribution in [2.45, 2.75) is 46.5 Å². The van der Waals surface area contributed by atoms with E-state index >= 15 is 0 Å². The zero-order valence-corrected chi connectivity index (χ0v) is 13.8.